The molecule has 8 bridgehead atoms. The average molecular weight is 539 g/mol. The summed E-state index contributed by atoms with van der Waals surface area (Å²) in [5.74, 6) is -0.726. The van der Waals surface area contributed by atoms with Crippen molar-refractivity contribution in [3.63, 3.8) is 0 Å². The summed E-state index contributed by atoms with van der Waals surface area (Å²) < 4.78 is 6.11. The molecular formula is C33H38N4O3. The monoisotopic (exact) mass is 538 g/mol. The van der Waals surface area contributed by atoms with Crippen molar-refractivity contribution in [2.75, 3.05) is 6.61 Å². The van der Waals surface area contributed by atoms with Gasteiger partial charge in [0.05, 0.1) is 30.3 Å². The summed E-state index contributed by atoms with van der Waals surface area (Å²) in [6.07, 6.45) is 2.46. The summed E-state index contributed by atoms with van der Waals surface area (Å²) in [5.41, 5.74) is 16.5. The molecule has 0 radical (unpaired) electrons. The lowest BCUT2D eigenvalue weighted by molar-refractivity contribution is -0.137. The maximum absolute atomic E-state index is 11.6. The number of aromatic nitrogens is 4. The van der Waals surface area contributed by atoms with Crippen molar-refractivity contribution in [3.05, 3.63) is 68.8 Å². The molecule has 2 atom stereocenters. The highest BCUT2D eigenvalue weighted by molar-refractivity contribution is 5.94. The molecule has 0 saturated carbocycles. The van der Waals surface area contributed by atoms with Crippen molar-refractivity contribution >= 4 is 39.2 Å². The van der Waals surface area contributed by atoms with Gasteiger partial charge in [-0.1, -0.05) is 20.8 Å². The van der Waals surface area contributed by atoms with Crippen LogP contribution in [-0.2, 0) is 29.0 Å². The molecule has 40 heavy (non-hydrogen) atoms. The molecule has 0 saturated heterocycles. The predicted molar refractivity (Wildman–Crippen MR) is 159 cm³/mol. The summed E-state index contributed by atoms with van der Waals surface area (Å²) in [7, 11) is 0. The minimum absolute atomic E-state index is 0.0150. The van der Waals surface area contributed by atoms with Crippen LogP contribution in [0.5, 0.6) is 0 Å². The van der Waals surface area contributed by atoms with Gasteiger partial charge in [0.1, 0.15) is 0 Å². The summed E-state index contributed by atoms with van der Waals surface area (Å²) in [4.78, 5) is 29.4. The Kier molecular flexibility index (Phi) is 6.65. The largest absolute Gasteiger partial charge is 0.481 e. The van der Waals surface area contributed by atoms with Crippen LogP contribution in [-0.4, -0.2) is 37.6 Å². The van der Waals surface area contributed by atoms with Gasteiger partial charge in [-0.15, -0.1) is 0 Å². The molecular weight excluding hydrogens is 500 g/mol. The molecule has 0 aliphatic carbocycles. The lowest BCUT2D eigenvalue weighted by atomic mass is 9.85. The number of carboxylic acids is 1. The molecule has 0 fully saturated rings. The fourth-order valence-corrected chi connectivity index (χ4v) is 6.81. The number of ether oxygens (including phenoxy) is 1. The smallest absolute Gasteiger partial charge is 0.303 e. The van der Waals surface area contributed by atoms with E-state index in [4.69, 9.17) is 14.7 Å². The molecule has 0 spiro atoms. The van der Waals surface area contributed by atoms with Crippen LogP contribution >= 0.6 is 0 Å². The molecule has 6 heterocycles. The van der Waals surface area contributed by atoms with Crippen molar-refractivity contribution in [2.24, 2.45) is 0 Å². The SMILES string of the molecule is CCc1c(C)c2cc3[nH]c(cc4nc(c5c6nc(cc1[nH]2)C(C)=C6COC5)[C@@H](CCC(=O)O)[C@@H]4C)c(C)c3CC. The second-order valence-corrected chi connectivity index (χ2v) is 11.4. The first-order valence-electron chi connectivity index (χ1n) is 14.5. The summed E-state index contributed by atoms with van der Waals surface area (Å²) >= 11 is 0. The summed E-state index contributed by atoms with van der Waals surface area (Å²) in [5, 5.41) is 9.53. The summed E-state index contributed by atoms with van der Waals surface area (Å²) in [6.45, 7) is 14.0. The number of aliphatic carboxylic acids is 1. The zero-order chi connectivity index (χ0) is 28.3. The maximum Gasteiger partial charge on any atom is 0.303 e. The molecule has 3 aliphatic rings. The quantitative estimate of drug-likeness (QED) is 0.317. The van der Waals surface area contributed by atoms with Crippen LogP contribution in [0.3, 0.4) is 0 Å². The molecule has 208 valence electrons. The number of nitrogens with one attached hydrogen (secondary N) is 2. The van der Waals surface area contributed by atoms with Gasteiger partial charge < -0.3 is 19.8 Å². The van der Waals surface area contributed by atoms with Crippen molar-refractivity contribution in [2.45, 2.75) is 85.7 Å². The first-order valence-corrected chi connectivity index (χ1v) is 14.5. The van der Waals surface area contributed by atoms with Gasteiger partial charge in [-0.3, -0.25) is 9.78 Å². The molecule has 7 heteroatoms. The first kappa shape index (κ1) is 26.5. The molecule has 3 aromatic heterocycles. The number of fused-ring (bicyclic) bond motifs is 8. The number of aryl methyl sites for hydroxylation is 4. The van der Waals surface area contributed by atoms with Crippen LogP contribution in [0, 0.1) is 13.8 Å². The molecule has 0 unspecified atom stereocenters. The number of hydrogen-bond acceptors (Lipinski definition) is 4. The third-order valence-corrected chi connectivity index (χ3v) is 9.25. The van der Waals surface area contributed by atoms with Crippen molar-refractivity contribution in [1.82, 2.24) is 19.9 Å². The maximum atomic E-state index is 11.6. The topological polar surface area (TPSA) is 104 Å². The Bertz CT molecular complexity index is 1740. The van der Waals surface area contributed by atoms with Gasteiger partial charge in [0.25, 0.3) is 0 Å². The average Bonchev–Trinajstić information content (AvgIpc) is 3.60. The Morgan fingerprint density at radius 3 is 2.25 bits per heavy atom. The third-order valence-electron chi connectivity index (χ3n) is 9.25. The molecule has 0 amide bonds. The summed E-state index contributed by atoms with van der Waals surface area (Å²) in [6, 6.07) is 6.59. The Labute approximate surface area is 234 Å². The molecule has 3 aliphatic heterocycles. The van der Waals surface area contributed by atoms with E-state index in [2.05, 4.69) is 69.7 Å². The third kappa shape index (κ3) is 4.19. The van der Waals surface area contributed by atoms with E-state index in [0.717, 1.165) is 74.4 Å². The highest BCUT2D eigenvalue weighted by atomic mass is 16.5. The number of hydrogen-bond donors (Lipinski definition) is 3. The Morgan fingerprint density at radius 1 is 0.950 bits per heavy atom. The number of aromatic amines is 2. The van der Waals surface area contributed by atoms with Crippen LogP contribution in [0.15, 0.2) is 18.2 Å². The van der Waals surface area contributed by atoms with Gasteiger partial charge >= 0.3 is 5.97 Å². The van der Waals surface area contributed by atoms with Crippen LogP contribution in [0.25, 0.3) is 33.2 Å². The number of H-pyrrole nitrogens is 2. The van der Waals surface area contributed by atoms with Crippen LogP contribution < -0.4 is 0 Å². The van der Waals surface area contributed by atoms with E-state index in [9.17, 15) is 9.90 Å². The van der Waals surface area contributed by atoms with Gasteiger partial charge in [0, 0.05) is 57.2 Å². The van der Waals surface area contributed by atoms with Gasteiger partial charge in [-0.25, -0.2) is 4.98 Å². The minimum Gasteiger partial charge on any atom is -0.481 e. The number of allylic oxidation sites excluding steroid dienone is 1. The van der Waals surface area contributed by atoms with E-state index < -0.39 is 5.97 Å². The van der Waals surface area contributed by atoms with E-state index in [0.29, 0.717) is 19.6 Å². The Hall–Kier alpha value is -3.71. The van der Waals surface area contributed by atoms with Crippen LogP contribution in [0.1, 0.15) is 103 Å². The second kappa shape index (κ2) is 10.0. The fourth-order valence-electron chi connectivity index (χ4n) is 6.81. The number of carbonyl (C=O) groups is 1. The van der Waals surface area contributed by atoms with Gasteiger partial charge in [-0.05, 0) is 86.1 Å². The van der Waals surface area contributed by atoms with Gasteiger partial charge in [-0.2, -0.15) is 0 Å². The number of carboxylic acid groups (broad SMARTS) is 1. The van der Waals surface area contributed by atoms with E-state index >= 15 is 0 Å². The van der Waals surface area contributed by atoms with E-state index in [1.807, 2.05) is 0 Å². The standard InChI is InChI=1S/C33H38N4O3/c1-7-20-16(3)25-11-27-18(5)22(9-10-31(38)39)32(36-27)24-15-40-14-23-19(6)28(37-33(23)24)13-30-21(8-2)17(4)26(35-30)12-29(20)34-25/h11-13,18,22,34-35H,7-10,14-15H2,1-6H3,(H,38,39)/t18-,22-/m0/s1. The second-order valence-electron chi connectivity index (χ2n) is 11.4. The first-order chi connectivity index (χ1) is 19.2. The lowest BCUT2D eigenvalue weighted by Crippen LogP contribution is -2.14. The van der Waals surface area contributed by atoms with E-state index in [-0.39, 0.29) is 18.3 Å². The van der Waals surface area contributed by atoms with Crippen LogP contribution in [0.2, 0.25) is 0 Å². The van der Waals surface area contributed by atoms with E-state index in [1.165, 1.54) is 22.3 Å². The van der Waals surface area contributed by atoms with Gasteiger partial charge in [0.2, 0.25) is 0 Å². The predicted octanol–water partition coefficient (Wildman–Crippen LogP) is 7.27. The number of rotatable bonds is 5. The van der Waals surface area contributed by atoms with Crippen molar-refractivity contribution in [1.29, 1.82) is 0 Å². The molecule has 3 aromatic rings. The fraction of sp³-hybridized carbons (Fsp3) is 0.424. The normalized spacial score (nSPS) is 18.4. The molecule has 7 nitrogen and oxygen atoms in total. The highest BCUT2D eigenvalue weighted by Gasteiger charge is 2.35. The Morgan fingerprint density at radius 2 is 1.60 bits per heavy atom. The molecule has 0 aromatic carbocycles. The molecule has 6 rings (SSSR count). The minimum atomic E-state index is -0.785. The Balaban J connectivity index is 1.76. The lowest BCUT2D eigenvalue weighted by Gasteiger charge is -2.21. The molecule has 3 N–H and O–H groups in total. The van der Waals surface area contributed by atoms with Crippen molar-refractivity contribution in [3.8, 4) is 0 Å². The van der Waals surface area contributed by atoms with Crippen LogP contribution in [0.4, 0.5) is 0 Å². The van der Waals surface area contributed by atoms with E-state index in [1.54, 1.807) is 0 Å². The zero-order valence-electron chi connectivity index (χ0n) is 24.3. The highest BCUT2D eigenvalue weighted by Crippen LogP contribution is 2.44. The van der Waals surface area contributed by atoms with Gasteiger partial charge in [0.15, 0.2) is 0 Å². The number of nitrogens with zero attached hydrogens (tertiary/aromatic N) is 2. The van der Waals surface area contributed by atoms with Crippen molar-refractivity contribution < 1.29 is 14.6 Å². The zero-order valence-corrected chi connectivity index (χ0v) is 24.3.